The number of ether oxygens (including phenoxy) is 1. The quantitative estimate of drug-likeness (QED) is 0.159. The number of benzene rings is 2. The van der Waals surface area contributed by atoms with Gasteiger partial charge < -0.3 is 14.2 Å². The highest BCUT2D eigenvalue weighted by atomic mass is 19.4. The van der Waals surface area contributed by atoms with Crippen LogP contribution >= 0.6 is 0 Å². The number of nitriles is 1. The Hall–Kier alpha value is -4.62. The van der Waals surface area contributed by atoms with Gasteiger partial charge in [0.1, 0.15) is 11.6 Å². The Morgan fingerprint density at radius 3 is 2.45 bits per heavy atom. The van der Waals surface area contributed by atoms with Crippen molar-refractivity contribution in [3.63, 3.8) is 0 Å². The lowest BCUT2D eigenvalue weighted by Gasteiger charge is -2.35. The fourth-order valence-corrected chi connectivity index (χ4v) is 7.76. The van der Waals surface area contributed by atoms with Crippen LogP contribution < -0.4 is 10.2 Å². The van der Waals surface area contributed by atoms with E-state index in [1.54, 1.807) is 11.8 Å². The van der Waals surface area contributed by atoms with Gasteiger partial charge in [0.2, 0.25) is 11.6 Å². The van der Waals surface area contributed by atoms with Gasteiger partial charge in [-0.05, 0) is 61.9 Å². The second-order valence-corrected chi connectivity index (χ2v) is 13.9. The third kappa shape index (κ3) is 8.31. The minimum atomic E-state index is -4.61. The minimum Gasteiger partial charge on any atom is -0.466 e. The zero-order valence-electron chi connectivity index (χ0n) is 29.2. The molecule has 1 N–H and O–H groups in total. The van der Waals surface area contributed by atoms with Crippen LogP contribution in [-0.2, 0) is 27.0 Å². The number of likely N-dealkylation sites (tertiary alicyclic amines) is 2. The first-order valence-electron chi connectivity index (χ1n) is 17.7. The number of halogens is 6. The van der Waals surface area contributed by atoms with E-state index >= 15 is 8.78 Å². The topological polar surface area (TPSA) is 107 Å². The number of piperidine rings is 2. The van der Waals surface area contributed by atoms with Gasteiger partial charge in [0.05, 0.1) is 37.2 Å². The summed E-state index contributed by atoms with van der Waals surface area (Å²) < 4.78 is 94.6. The molecule has 16 heteroatoms. The number of amides is 1. The fourth-order valence-electron chi connectivity index (χ4n) is 7.76. The van der Waals surface area contributed by atoms with Crippen molar-refractivity contribution in [3.8, 4) is 6.07 Å². The normalized spacial score (nSPS) is 22.2. The standard InChI is InChI=1S/C37H41F6N7O3/c1-2-53-33(51)24-7-15-48(16-8-24)32-19-26(37(41,42)43)4-3-25(32)21-49-18-12-45-35(49)46-34(52)36(40)23-50(28-9-13-47(14-10-28)17-11-44)22-30(36)29-6-5-27(38)20-31(29)39/h3-6,12,18-20,24,28,30H,2,7-10,13-17,21-23H2,1H3,(H,45,46,52)/t30-,36-/m0/s1. The molecule has 10 nitrogen and oxygen atoms in total. The molecular weight excluding hydrogens is 704 g/mol. The largest absolute Gasteiger partial charge is 0.466 e. The number of esters is 1. The minimum absolute atomic E-state index is 0.00833. The summed E-state index contributed by atoms with van der Waals surface area (Å²) in [5.74, 6) is -4.96. The number of carbonyl (C=O) groups excluding carboxylic acids is 2. The van der Waals surface area contributed by atoms with Crippen molar-refractivity contribution in [1.82, 2.24) is 19.4 Å². The summed E-state index contributed by atoms with van der Waals surface area (Å²) in [6.45, 7) is 3.61. The van der Waals surface area contributed by atoms with Crippen molar-refractivity contribution in [3.05, 3.63) is 77.1 Å². The van der Waals surface area contributed by atoms with Crippen molar-refractivity contribution in [2.45, 2.75) is 63.0 Å². The van der Waals surface area contributed by atoms with E-state index in [0.717, 1.165) is 24.3 Å². The molecule has 1 aromatic heterocycles. The van der Waals surface area contributed by atoms with E-state index in [0.29, 0.717) is 69.2 Å². The van der Waals surface area contributed by atoms with Crippen molar-refractivity contribution in [2.75, 3.05) is 62.6 Å². The molecule has 0 spiro atoms. The number of carbonyl (C=O) groups is 2. The molecule has 4 heterocycles. The van der Waals surface area contributed by atoms with Gasteiger partial charge in [0, 0.05) is 75.4 Å². The van der Waals surface area contributed by atoms with E-state index in [-0.39, 0.29) is 62.2 Å². The summed E-state index contributed by atoms with van der Waals surface area (Å²) in [6.07, 6.45) is 0.265. The Balaban J connectivity index is 1.24. The molecule has 3 aromatic rings. The predicted molar refractivity (Wildman–Crippen MR) is 183 cm³/mol. The molecule has 3 aliphatic rings. The lowest BCUT2D eigenvalue weighted by Crippen LogP contribution is -2.48. The lowest BCUT2D eigenvalue weighted by atomic mass is 9.85. The first kappa shape index (κ1) is 38.1. The number of nitrogens with one attached hydrogen (secondary N) is 1. The molecule has 53 heavy (non-hydrogen) atoms. The van der Waals surface area contributed by atoms with Crippen LogP contribution in [0.1, 0.15) is 55.2 Å². The highest BCUT2D eigenvalue weighted by Gasteiger charge is 2.56. The summed E-state index contributed by atoms with van der Waals surface area (Å²) in [5, 5.41) is 11.6. The fraction of sp³-hybridized carbons (Fsp3) is 0.514. The molecule has 3 saturated heterocycles. The summed E-state index contributed by atoms with van der Waals surface area (Å²) in [5.41, 5.74) is -2.88. The maximum atomic E-state index is 17.3. The second-order valence-electron chi connectivity index (χ2n) is 13.9. The zero-order chi connectivity index (χ0) is 37.9. The number of hydrogen-bond donors (Lipinski definition) is 1. The number of anilines is 2. The summed E-state index contributed by atoms with van der Waals surface area (Å²) in [7, 11) is 0. The van der Waals surface area contributed by atoms with Crippen molar-refractivity contribution >= 4 is 23.5 Å². The van der Waals surface area contributed by atoms with Gasteiger partial charge in [-0.15, -0.1) is 0 Å². The lowest BCUT2D eigenvalue weighted by molar-refractivity contribution is -0.148. The Morgan fingerprint density at radius 2 is 1.79 bits per heavy atom. The van der Waals surface area contributed by atoms with Crippen LogP contribution in [0.15, 0.2) is 48.8 Å². The van der Waals surface area contributed by atoms with E-state index in [2.05, 4.69) is 16.4 Å². The molecule has 2 aromatic carbocycles. The first-order valence-corrected chi connectivity index (χ1v) is 17.7. The van der Waals surface area contributed by atoms with Gasteiger partial charge >= 0.3 is 12.1 Å². The molecule has 2 atom stereocenters. The van der Waals surface area contributed by atoms with Gasteiger partial charge in [-0.25, -0.2) is 18.2 Å². The van der Waals surface area contributed by atoms with Crippen LogP contribution in [0.5, 0.6) is 0 Å². The average Bonchev–Trinajstić information content (AvgIpc) is 3.72. The summed E-state index contributed by atoms with van der Waals surface area (Å²) in [4.78, 5) is 36.1. The SMILES string of the molecule is CCOC(=O)C1CCN(c2cc(C(F)(F)F)ccc2Cn2ccnc2NC(=O)[C@]2(F)CN(C3CCN(CC#N)CC3)C[C@H]2c2ccc(F)cc2F)CC1. The van der Waals surface area contributed by atoms with Crippen LogP contribution in [0, 0.1) is 28.9 Å². The molecule has 1 amide bonds. The van der Waals surface area contributed by atoms with E-state index < -0.39 is 40.9 Å². The van der Waals surface area contributed by atoms with Crippen LogP contribution in [0.4, 0.5) is 38.0 Å². The smallest absolute Gasteiger partial charge is 0.416 e. The van der Waals surface area contributed by atoms with Crippen molar-refractivity contribution < 1.29 is 40.7 Å². The average molecular weight is 746 g/mol. The molecule has 0 aliphatic carbocycles. The summed E-state index contributed by atoms with van der Waals surface area (Å²) in [6, 6.07) is 8.20. The molecule has 284 valence electrons. The molecule has 6 rings (SSSR count). The Morgan fingerprint density at radius 1 is 1.06 bits per heavy atom. The van der Waals surface area contributed by atoms with Gasteiger partial charge in [0.25, 0.3) is 5.91 Å². The van der Waals surface area contributed by atoms with E-state index in [1.165, 1.54) is 23.0 Å². The summed E-state index contributed by atoms with van der Waals surface area (Å²) >= 11 is 0. The van der Waals surface area contributed by atoms with Gasteiger partial charge in [-0.3, -0.25) is 24.7 Å². The van der Waals surface area contributed by atoms with Gasteiger partial charge in [0.15, 0.2) is 0 Å². The number of imidazole rings is 1. The van der Waals surface area contributed by atoms with Crippen LogP contribution in [-0.4, -0.2) is 95.4 Å². The third-order valence-corrected chi connectivity index (χ3v) is 10.6. The zero-order valence-corrected chi connectivity index (χ0v) is 29.2. The number of alkyl halides is 4. The van der Waals surface area contributed by atoms with E-state index in [4.69, 9.17) is 10.00 Å². The second kappa shape index (κ2) is 15.8. The van der Waals surface area contributed by atoms with Crippen molar-refractivity contribution in [2.24, 2.45) is 5.92 Å². The molecular formula is C37H41F6N7O3. The van der Waals surface area contributed by atoms with Crippen LogP contribution in [0.2, 0.25) is 0 Å². The van der Waals surface area contributed by atoms with Crippen molar-refractivity contribution in [1.29, 1.82) is 5.26 Å². The molecule has 3 fully saturated rings. The number of hydrogen-bond acceptors (Lipinski definition) is 8. The third-order valence-electron chi connectivity index (χ3n) is 10.6. The highest BCUT2D eigenvalue weighted by molar-refractivity contribution is 5.97. The number of nitrogens with zero attached hydrogens (tertiary/aromatic N) is 6. The molecule has 0 bridgehead atoms. The Kier molecular flexibility index (Phi) is 11.3. The molecule has 3 aliphatic heterocycles. The van der Waals surface area contributed by atoms with Crippen LogP contribution in [0.25, 0.3) is 0 Å². The monoisotopic (exact) mass is 745 g/mol. The maximum absolute atomic E-state index is 17.3. The first-order chi connectivity index (χ1) is 25.3. The van der Waals surface area contributed by atoms with E-state index in [1.807, 2.05) is 9.80 Å². The molecule has 0 unspecified atom stereocenters. The Labute approximate surface area is 303 Å². The maximum Gasteiger partial charge on any atom is 0.416 e. The number of rotatable bonds is 10. The van der Waals surface area contributed by atoms with Crippen LogP contribution in [0.3, 0.4) is 0 Å². The van der Waals surface area contributed by atoms with Gasteiger partial charge in [-0.1, -0.05) is 12.1 Å². The highest BCUT2D eigenvalue weighted by Crippen LogP contribution is 2.43. The van der Waals surface area contributed by atoms with Gasteiger partial charge in [-0.2, -0.15) is 18.4 Å². The molecule has 0 radical (unpaired) electrons. The number of aromatic nitrogens is 2. The van der Waals surface area contributed by atoms with E-state index in [9.17, 15) is 27.2 Å². The predicted octanol–water partition coefficient (Wildman–Crippen LogP) is 5.74. The molecule has 0 saturated carbocycles. The Bertz CT molecular complexity index is 1830.